The Morgan fingerprint density at radius 3 is 1.88 bits per heavy atom. The molecular weight excluding hydrogens is 372 g/mol. The van der Waals surface area contributed by atoms with Crippen LogP contribution >= 0.6 is 0 Å². The molecule has 3 rings (SSSR count). The zero-order valence-electron chi connectivity index (χ0n) is 14.4. The normalized spacial score (nSPS) is 16.2. The van der Waals surface area contributed by atoms with Gasteiger partial charge in [0.25, 0.3) is 0 Å². The van der Waals surface area contributed by atoms with E-state index in [1.165, 1.54) is 0 Å². The van der Waals surface area contributed by atoms with E-state index in [1.807, 2.05) is 32.1 Å². The first-order valence-corrected chi connectivity index (χ1v) is 7.89. The van der Waals surface area contributed by atoms with Gasteiger partial charge >= 0.3 is 23.0 Å². The van der Waals surface area contributed by atoms with Gasteiger partial charge in [0, 0.05) is 0 Å². The molecule has 0 aromatic heterocycles. The fourth-order valence-corrected chi connectivity index (χ4v) is 2.07. The topological polar surface area (TPSA) is 52.6 Å². The Labute approximate surface area is 167 Å². The van der Waals surface area contributed by atoms with Gasteiger partial charge in [-0.15, -0.1) is 0 Å². The van der Waals surface area contributed by atoms with Crippen LogP contribution in [0.2, 0.25) is 0 Å². The molecule has 0 spiro atoms. The minimum atomic E-state index is -0.421. The Kier molecular flexibility index (Phi) is 11.3. The molecule has 1 aromatic rings. The van der Waals surface area contributed by atoms with Crippen LogP contribution in [0.1, 0.15) is 5.56 Å². The summed E-state index contributed by atoms with van der Waals surface area (Å²) in [5, 5.41) is 0. The van der Waals surface area contributed by atoms with Crippen molar-refractivity contribution in [2.45, 2.75) is 6.42 Å². The molecule has 0 unspecified atom stereocenters. The van der Waals surface area contributed by atoms with E-state index in [-0.39, 0.29) is 35.9 Å². The quantitative estimate of drug-likeness (QED) is 0.552. The summed E-state index contributed by atoms with van der Waals surface area (Å²) in [6.07, 6.45) is 17.1. The summed E-state index contributed by atoms with van der Waals surface area (Å²) in [5.41, 5.74) is 0.816. The average Bonchev–Trinajstić information content (AvgIpc) is 3.36. The molecule has 26 heavy (non-hydrogen) atoms. The number of carbonyl (C=O) groups excluding carboxylic acids is 2. The van der Waals surface area contributed by atoms with E-state index in [1.54, 1.807) is 57.1 Å². The summed E-state index contributed by atoms with van der Waals surface area (Å²) in [4.78, 5) is 23.3. The van der Waals surface area contributed by atoms with E-state index in [4.69, 9.17) is 9.47 Å². The van der Waals surface area contributed by atoms with E-state index in [0.717, 1.165) is 11.3 Å². The Morgan fingerprint density at radius 2 is 1.38 bits per heavy atom. The maximum Gasteiger partial charge on any atom is 2.00 e. The Balaban J connectivity index is 0.000000486. The first-order chi connectivity index (χ1) is 12.2. The van der Waals surface area contributed by atoms with Crippen molar-refractivity contribution >= 4 is 11.8 Å². The molecule has 4 nitrogen and oxygen atoms in total. The van der Waals surface area contributed by atoms with Gasteiger partial charge < -0.3 is 9.47 Å². The number of Topliss-reactive ketones (excluding diaryl/α,β-unsaturated/α-hetero) is 1. The van der Waals surface area contributed by atoms with Crippen molar-refractivity contribution in [3.05, 3.63) is 93.5 Å². The van der Waals surface area contributed by atoms with Gasteiger partial charge in [0.1, 0.15) is 5.75 Å². The first kappa shape index (κ1) is 22.7. The minimum absolute atomic E-state index is 0. The largest absolute Gasteiger partial charge is 2.00 e. The van der Waals surface area contributed by atoms with Crippen LogP contribution in [0.25, 0.3) is 0 Å². The fraction of sp³-hybridized carbons (Fsp3) is 0.143. The van der Waals surface area contributed by atoms with Crippen molar-refractivity contribution in [2.75, 3.05) is 13.7 Å². The Bertz CT molecular complexity index is 524. The smallest absolute Gasteiger partial charge is 0.497 e. The molecule has 134 valence electrons. The number of benzene rings is 1. The molecular formula is C21H20FeO4+2. The average molecular weight is 392 g/mol. The summed E-state index contributed by atoms with van der Waals surface area (Å²) in [6.45, 7) is -0.223. The van der Waals surface area contributed by atoms with Gasteiger partial charge in [-0.1, -0.05) is 12.1 Å². The van der Waals surface area contributed by atoms with E-state index in [9.17, 15) is 9.59 Å². The van der Waals surface area contributed by atoms with E-state index in [0.29, 0.717) is 5.92 Å². The van der Waals surface area contributed by atoms with Crippen LogP contribution < -0.4 is 4.74 Å². The first-order valence-electron chi connectivity index (χ1n) is 7.89. The summed E-state index contributed by atoms with van der Waals surface area (Å²) in [6, 6.07) is 7.13. The predicted molar refractivity (Wildman–Crippen MR) is 94.6 cm³/mol. The summed E-state index contributed by atoms with van der Waals surface area (Å²) < 4.78 is 10.0. The molecule has 0 aliphatic heterocycles. The van der Waals surface area contributed by atoms with Crippen LogP contribution in [-0.2, 0) is 37.8 Å². The van der Waals surface area contributed by atoms with Crippen molar-refractivity contribution in [3.63, 3.8) is 0 Å². The van der Waals surface area contributed by atoms with Crippen LogP contribution in [0.15, 0.2) is 24.3 Å². The monoisotopic (exact) mass is 392 g/mol. The molecule has 2 aliphatic rings. The van der Waals surface area contributed by atoms with E-state index in [2.05, 4.69) is 0 Å². The maximum atomic E-state index is 11.7. The van der Waals surface area contributed by atoms with Crippen LogP contribution in [0, 0.1) is 63.7 Å². The standard InChI is InChI=1S/C16H15O4.C5H5.Fe/c1-19-14-8-6-12(7-9-14)10-16(18)20-11-15(17)13-4-2-3-5-13;1-2-4-5-3-1;/h2-9H,10-11H2,1H3;1-5H;/q;;+2. The third-order valence-electron chi connectivity index (χ3n) is 3.41. The zero-order valence-corrected chi connectivity index (χ0v) is 15.5. The number of methoxy groups -OCH3 is 1. The third kappa shape index (κ3) is 8.37. The van der Waals surface area contributed by atoms with Gasteiger partial charge in [0.2, 0.25) is 0 Å². The second-order valence-corrected chi connectivity index (χ2v) is 5.24. The van der Waals surface area contributed by atoms with Crippen molar-refractivity contribution in [1.82, 2.24) is 0 Å². The second kappa shape index (κ2) is 12.9. The number of ketones is 1. The van der Waals surface area contributed by atoms with Crippen molar-refractivity contribution < 1.29 is 36.1 Å². The van der Waals surface area contributed by atoms with Gasteiger partial charge in [-0.2, -0.15) is 0 Å². The number of carbonyl (C=O) groups is 2. The molecule has 0 N–H and O–H groups in total. The van der Waals surface area contributed by atoms with Crippen molar-refractivity contribution in [2.24, 2.45) is 0 Å². The molecule has 5 heteroatoms. The summed E-state index contributed by atoms with van der Waals surface area (Å²) in [5.74, 6) is 0.670. The molecule has 0 saturated heterocycles. The number of esters is 1. The number of rotatable bonds is 6. The molecule has 0 heterocycles. The predicted octanol–water partition coefficient (Wildman–Crippen LogP) is 2.77. The number of ether oxygens (including phenoxy) is 2. The summed E-state index contributed by atoms with van der Waals surface area (Å²) in [7, 11) is 1.58. The molecule has 2 aliphatic carbocycles. The van der Waals surface area contributed by atoms with Gasteiger partial charge in [0.15, 0.2) is 12.4 Å². The van der Waals surface area contributed by atoms with Gasteiger partial charge in [-0.05, 0) is 75.5 Å². The SMILES string of the molecule is COc1ccc(CC(=O)OCC(=O)[C]2[CH][CH][CH][CH]2)cc1.[CH]1[CH][CH][CH][CH]1.[Fe+2]. The molecule has 1 aromatic carbocycles. The van der Waals surface area contributed by atoms with Crippen molar-refractivity contribution in [3.8, 4) is 5.75 Å². The molecule has 2 fully saturated rings. The van der Waals surface area contributed by atoms with Gasteiger partial charge in [-0.3, -0.25) is 9.59 Å². The maximum absolute atomic E-state index is 11.7. The molecule has 0 bridgehead atoms. The van der Waals surface area contributed by atoms with Crippen molar-refractivity contribution in [1.29, 1.82) is 0 Å². The fourth-order valence-electron chi connectivity index (χ4n) is 2.07. The second-order valence-electron chi connectivity index (χ2n) is 5.24. The van der Waals surface area contributed by atoms with Crippen LogP contribution in [0.4, 0.5) is 0 Å². The number of hydrogen-bond acceptors (Lipinski definition) is 4. The van der Waals surface area contributed by atoms with Gasteiger partial charge in [-0.25, -0.2) is 0 Å². The van der Waals surface area contributed by atoms with Gasteiger partial charge in [0.05, 0.1) is 19.4 Å². The van der Waals surface area contributed by atoms with Crippen LogP contribution in [-0.4, -0.2) is 25.5 Å². The molecule has 2 saturated carbocycles. The molecule has 0 amide bonds. The van der Waals surface area contributed by atoms with Crippen LogP contribution in [0.5, 0.6) is 5.75 Å². The van der Waals surface area contributed by atoms with E-state index < -0.39 is 5.97 Å². The van der Waals surface area contributed by atoms with Crippen LogP contribution in [0.3, 0.4) is 0 Å². The summed E-state index contributed by atoms with van der Waals surface area (Å²) >= 11 is 0. The minimum Gasteiger partial charge on any atom is -0.497 e. The zero-order chi connectivity index (χ0) is 17.9. The van der Waals surface area contributed by atoms with E-state index >= 15 is 0 Å². The molecule has 10 radical (unpaired) electrons. The molecule has 0 atom stereocenters. The third-order valence-corrected chi connectivity index (χ3v) is 3.41. The number of hydrogen-bond donors (Lipinski definition) is 0. The Morgan fingerprint density at radius 1 is 0.846 bits per heavy atom. The Hall–Kier alpha value is -1.32.